The molecule has 1 amide bonds. The Morgan fingerprint density at radius 1 is 1.44 bits per heavy atom. The van der Waals surface area contributed by atoms with Gasteiger partial charge in [-0.3, -0.25) is 4.79 Å². The molecule has 1 aliphatic carbocycles. The zero-order chi connectivity index (χ0) is 13.1. The molecule has 1 aromatic rings. The molecule has 0 radical (unpaired) electrons. The molecule has 1 aromatic heterocycles. The summed E-state index contributed by atoms with van der Waals surface area (Å²) in [6.45, 7) is 5.04. The zero-order valence-corrected chi connectivity index (χ0v) is 11.7. The van der Waals surface area contributed by atoms with Crippen molar-refractivity contribution in [2.75, 3.05) is 12.3 Å². The minimum absolute atomic E-state index is 0.00944. The molecule has 100 valence electrons. The average molecular weight is 268 g/mol. The largest absolute Gasteiger partial charge is 0.374 e. The maximum absolute atomic E-state index is 12.5. The van der Waals surface area contributed by atoms with E-state index in [4.69, 9.17) is 5.73 Å². The van der Waals surface area contributed by atoms with Crippen molar-refractivity contribution >= 4 is 22.4 Å². The number of carbonyl (C=O) groups is 1. The minimum Gasteiger partial charge on any atom is -0.374 e. The van der Waals surface area contributed by atoms with Gasteiger partial charge in [0, 0.05) is 12.6 Å². The van der Waals surface area contributed by atoms with Crippen molar-refractivity contribution in [3.8, 4) is 0 Å². The number of aromatic nitrogens is 2. The van der Waals surface area contributed by atoms with Crippen LogP contribution in [0.25, 0.3) is 0 Å². The molecule has 2 N–H and O–H groups in total. The van der Waals surface area contributed by atoms with E-state index in [-0.39, 0.29) is 5.91 Å². The molecule has 1 aliphatic rings. The average Bonchev–Trinajstić information content (AvgIpc) is 2.95. The van der Waals surface area contributed by atoms with Gasteiger partial charge in [-0.15, -0.1) is 10.2 Å². The van der Waals surface area contributed by atoms with E-state index in [1.54, 1.807) is 0 Å². The number of hydrogen-bond acceptors (Lipinski definition) is 5. The van der Waals surface area contributed by atoms with Crippen LogP contribution in [-0.4, -0.2) is 33.6 Å². The van der Waals surface area contributed by atoms with Gasteiger partial charge in [-0.1, -0.05) is 38.0 Å². The van der Waals surface area contributed by atoms with Crippen LogP contribution in [0.15, 0.2) is 0 Å². The summed E-state index contributed by atoms with van der Waals surface area (Å²) in [5.41, 5.74) is 5.55. The van der Waals surface area contributed by atoms with Crippen LogP contribution in [0.1, 0.15) is 49.3 Å². The predicted molar refractivity (Wildman–Crippen MR) is 72.5 cm³/mol. The van der Waals surface area contributed by atoms with Crippen LogP contribution in [0, 0.1) is 5.92 Å². The fourth-order valence-corrected chi connectivity index (χ4v) is 3.02. The van der Waals surface area contributed by atoms with E-state index in [0.717, 1.165) is 19.4 Å². The molecule has 0 saturated heterocycles. The topological polar surface area (TPSA) is 72.1 Å². The van der Waals surface area contributed by atoms with Gasteiger partial charge in [-0.2, -0.15) is 0 Å². The van der Waals surface area contributed by atoms with Crippen LogP contribution in [0.5, 0.6) is 0 Å². The minimum atomic E-state index is -0.00944. The Hall–Kier alpha value is -1.17. The lowest BCUT2D eigenvalue weighted by Gasteiger charge is -2.29. The maximum Gasteiger partial charge on any atom is 0.285 e. The quantitative estimate of drug-likeness (QED) is 0.908. The second-order valence-electron chi connectivity index (χ2n) is 5.24. The van der Waals surface area contributed by atoms with Crippen LogP contribution < -0.4 is 5.73 Å². The number of amides is 1. The van der Waals surface area contributed by atoms with Gasteiger partial charge in [0.2, 0.25) is 10.1 Å². The first-order valence-electron chi connectivity index (χ1n) is 6.48. The summed E-state index contributed by atoms with van der Waals surface area (Å²) in [7, 11) is 0. The first-order chi connectivity index (χ1) is 8.58. The van der Waals surface area contributed by atoms with Gasteiger partial charge < -0.3 is 10.6 Å². The lowest BCUT2D eigenvalue weighted by atomic mass is 10.1. The molecular formula is C12H20N4OS. The molecule has 0 unspecified atom stereocenters. The molecule has 1 heterocycles. The smallest absolute Gasteiger partial charge is 0.285 e. The summed E-state index contributed by atoms with van der Waals surface area (Å²) >= 11 is 1.17. The fourth-order valence-electron chi connectivity index (χ4n) is 2.45. The number of anilines is 1. The van der Waals surface area contributed by atoms with Gasteiger partial charge in [0.15, 0.2) is 0 Å². The van der Waals surface area contributed by atoms with Crippen molar-refractivity contribution in [3.63, 3.8) is 0 Å². The normalized spacial score (nSPS) is 16.4. The van der Waals surface area contributed by atoms with Crippen molar-refractivity contribution in [2.24, 2.45) is 5.92 Å². The van der Waals surface area contributed by atoms with Crippen molar-refractivity contribution < 1.29 is 4.79 Å². The summed E-state index contributed by atoms with van der Waals surface area (Å²) in [4.78, 5) is 14.4. The van der Waals surface area contributed by atoms with Crippen LogP contribution in [0.2, 0.25) is 0 Å². The molecular weight excluding hydrogens is 248 g/mol. The van der Waals surface area contributed by atoms with Gasteiger partial charge in [0.25, 0.3) is 5.91 Å². The summed E-state index contributed by atoms with van der Waals surface area (Å²) in [6, 6.07) is 0.366. The fraction of sp³-hybridized carbons (Fsp3) is 0.750. The van der Waals surface area contributed by atoms with Crippen molar-refractivity contribution in [1.82, 2.24) is 15.1 Å². The van der Waals surface area contributed by atoms with Gasteiger partial charge in [0.05, 0.1) is 0 Å². The first-order valence-corrected chi connectivity index (χ1v) is 7.29. The first kappa shape index (κ1) is 13.3. The number of nitrogen functional groups attached to an aromatic ring is 1. The molecule has 1 saturated carbocycles. The lowest BCUT2D eigenvalue weighted by molar-refractivity contribution is 0.0654. The van der Waals surface area contributed by atoms with Crippen LogP contribution in [0.4, 0.5) is 5.13 Å². The van der Waals surface area contributed by atoms with Crippen molar-refractivity contribution in [1.29, 1.82) is 0 Å². The molecule has 0 bridgehead atoms. The predicted octanol–water partition coefficient (Wildman–Crippen LogP) is 2.16. The van der Waals surface area contributed by atoms with Crippen LogP contribution in [0.3, 0.4) is 0 Å². The molecule has 0 aromatic carbocycles. The number of nitrogens with zero attached hydrogens (tertiary/aromatic N) is 3. The van der Waals surface area contributed by atoms with Gasteiger partial charge in [-0.05, 0) is 18.8 Å². The Morgan fingerprint density at radius 3 is 2.61 bits per heavy atom. The van der Waals surface area contributed by atoms with Gasteiger partial charge >= 0.3 is 0 Å². The van der Waals surface area contributed by atoms with Crippen molar-refractivity contribution in [2.45, 2.75) is 45.6 Å². The molecule has 1 fully saturated rings. The maximum atomic E-state index is 12.5. The summed E-state index contributed by atoms with van der Waals surface area (Å²) in [6.07, 6.45) is 4.63. The third-order valence-electron chi connectivity index (χ3n) is 3.21. The van der Waals surface area contributed by atoms with Crippen LogP contribution in [-0.2, 0) is 0 Å². The standard InChI is InChI=1S/C12H20N4OS/c1-8(2)7-16(9-5-3-4-6-9)11(17)10-14-15-12(13)18-10/h8-9H,3-7H2,1-2H3,(H2,13,15). The highest BCUT2D eigenvalue weighted by Gasteiger charge is 2.29. The van der Waals surface area contributed by atoms with Gasteiger partial charge in [0.1, 0.15) is 0 Å². The number of hydrogen-bond donors (Lipinski definition) is 1. The highest BCUT2D eigenvalue weighted by Crippen LogP contribution is 2.26. The lowest BCUT2D eigenvalue weighted by Crippen LogP contribution is -2.41. The Labute approximate surface area is 111 Å². The molecule has 0 atom stereocenters. The van der Waals surface area contributed by atoms with E-state index in [0.29, 0.717) is 22.1 Å². The molecule has 6 heteroatoms. The number of rotatable bonds is 4. The summed E-state index contributed by atoms with van der Waals surface area (Å²) in [5.74, 6) is 0.449. The highest BCUT2D eigenvalue weighted by atomic mass is 32.1. The molecule has 5 nitrogen and oxygen atoms in total. The molecule has 18 heavy (non-hydrogen) atoms. The highest BCUT2D eigenvalue weighted by molar-refractivity contribution is 7.16. The number of carbonyl (C=O) groups excluding carboxylic acids is 1. The van der Waals surface area contributed by atoms with Crippen LogP contribution >= 0.6 is 11.3 Å². The Kier molecular flexibility index (Phi) is 4.16. The van der Waals surface area contributed by atoms with Gasteiger partial charge in [-0.25, -0.2) is 0 Å². The second kappa shape index (κ2) is 5.65. The van der Waals surface area contributed by atoms with E-state index in [9.17, 15) is 4.79 Å². The molecule has 2 rings (SSSR count). The molecule has 0 aliphatic heterocycles. The summed E-state index contributed by atoms with van der Waals surface area (Å²) < 4.78 is 0. The zero-order valence-electron chi connectivity index (χ0n) is 10.9. The Bertz CT molecular complexity index is 412. The second-order valence-corrected chi connectivity index (χ2v) is 6.24. The van der Waals surface area contributed by atoms with E-state index < -0.39 is 0 Å². The SMILES string of the molecule is CC(C)CN(C(=O)c1nnc(N)s1)C1CCCC1. The molecule has 0 spiro atoms. The third-order valence-corrected chi connectivity index (χ3v) is 3.95. The monoisotopic (exact) mass is 268 g/mol. The van der Waals surface area contributed by atoms with E-state index >= 15 is 0 Å². The Balaban J connectivity index is 2.14. The summed E-state index contributed by atoms with van der Waals surface area (Å²) in [5, 5.41) is 8.36. The van der Waals surface area contributed by atoms with E-state index in [1.165, 1.54) is 24.2 Å². The Morgan fingerprint density at radius 2 is 2.11 bits per heavy atom. The number of nitrogens with two attached hydrogens (primary N) is 1. The van der Waals surface area contributed by atoms with Crippen molar-refractivity contribution in [3.05, 3.63) is 5.01 Å². The van der Waals surface area contributed by atoms with E-state index in [2.05, 4.69) is 24.0 Å². The van der Waals surface area contributed by atoms with E-state index in [1.807, 2.05) is 4.90 Å². The third kappa shape index (κ3) is 2.98.